The molecule has 2 aromatic rings. The van der Waals surface area contributed by atoms with Crippen LogP contribution in [0.2, 0.25) is 0 Å². The van der Waals surface area contributed by atoms with Crippen molar-refractivity contribution < 1.29 is 19.1 Å². The van der Waals surface area contributed by atoms with Gasteiger partial charge in [-0.3, -0.25) is 0 Å². The molecule has 0 aliphatic carbocycles. The predicted octanol–water partition coefficient (Wildman–Crippen LogP) is 4.67. The van der Waals surface area contributed by atoms with Gasteiger partial charge in [0.25, 0.3) is 0 Å². The minimum absolute atomic E-state index is 0.137. The molecule has 0 saturated heterocycles. The van der Waals surface area contributed by atoms with E-state index in [9.17, 15) is 9.59 Å². The molecular weight excluding hydrogens is 428 g/mol. The lowest BCUT2D eigenvalue weighted by Crippen LogP contribution is -2.13. The summed E-state index contributed by atoms with van der Waals surface area (Å²) in [5.74, 6) is -0.524. The molecule has 0 fully saturated rings. The molecule has 0 aliphatic rings. The largest absolute Gasteiger partial charge is 0.422 e. The molecule has 0 heterocycles. The highest BCUT2D eigenvalue weighted by atomic mass is 79.9. The van der Waals surface area contributed by atoms with Gasteiger partial charge in [0.05, 0.1) is 8.95 Å². The first-order chi connectivity index (χ1) is 11.0. The summed E-state index contributed by atoms with van der Waals surface area (Å²) in [5, 5.41) is 0. The minimum Gasteiger partial charge on any atom is -0.422 e. The Kier molecular flexibility index (Phi) is 6.12. The van der Waals surface area contributed by atoms with Gasteiger partial charge in [-0.1, -0.05) is 24.3 Å². The standard InChI is InChI=1S/C17H12Br2O4/c1-11(17(21)23-15-9-5-3-7-13(15)19)10-16(20)22-14-8-4-2-6-12(14)18/h2-10H,1H3/b11-10+. The Morgan fingerprint density at radius 2 is 1.35 bits per heavy atom. The number of carbonyl (C=O) groups is 2. The monoisotopic (exact) mass is 438 g/mol. The van der Waals surface area contributed by atoms with Crippen LogP contribution in [0.3, 0.4) is 0 Å². The number of hydrogen-bond donors (Lipinski definition) is 0. The van der Waals surface area contributed by atoms with Crippen LogP contribution in [0.4, 0.5) is 0 Å². The van der Waals surface area contributed by atoms with E-state index < -0.39 is 11.9 Å². The quantitative estimate of drug-likeness (QED) is 0.394. The van der Waals surface area contributed by atoms with Crippen molar-refractivity contribution >= 4 is 43.8 Å². The average molecular weight is 440 g/mol. The number of carbonyl (C=O) groups excluding carboxylic acids is 2. The number of hydrogen-bond acceptors (Lipinski definition) is 4. The maximum atomic E-state index is 12.0. The second-order valence-electron chi connectivity index (χ2n) is 4.50. The van der Waals surface area contributed by atoms with Crippen LogP contribution in [0.25, 0.3) is 0 Å². The fourth-order valence-electron chi connectivity index (χ4n) is 1.61. The molecular formula is C17H12Br2O4. The molecule has 2 aromatic carbocycles. The Labute approximate surface area is 150 Å². The highest BCUT2D eigenvalue weighted by molar-refractivity contribution is 9.10. The van der Waals surface area contributed by atoms with Crippen molar-refractivity contribution in [2.75, 3.05) is 0 Å². The van der Waals surface area contributed by atoms with Crippen molar-refractivity contribution in [3.8, 4) is 11.5 Å². The molecule has 0 aliphatic heterocycles. The van der Waals surface area contributed by atoms with Crippen LogP contribution in [-0.4, -0.2) is 11.9 Å². The lowest BCUT2D eigenvalue weighted by atomic mass is 10.3. The average Bonchev–Trinajstić information content (AvgIpc) is 2.51. The summed E-state index contributed by atoms with van der Waals surface area (Å²) in [6, 6.07) is 13.9. The first-order valence-corrected chi connectivity index (χ1v) is 8.17. The molecule has 4 nitrogen and oxygen atoms in total. The summed E-state index contributed by atoms with van der Waals surface area (Å²) in [6.45, 7) is 1.49. The van der Waals surface area contributed by atoms with Crippen LogP contribution in [0.1, 0.15) is 6.92 Å². The molecule has 0 radical (unpaired) electrons. The Morgan fingerprint density at radius 3 is 1.87 bits per heavy atom. The van der Waals surface area contributed by atoms with E-state index in [1.165, 1.54) is 6.92 Å². The maximum absolute atomic E-state index is 12.0. The SMILES string of the molecule is C/C(=C\C(=O)Oc1ccccc1Br)C(=O)Oc1ccccc1Br. The molecule has 0 N–H and O–H groups in total. The summed E-state index contributed by atoms with van der Waals surface area (Å²) in [5.41, 5.74) is 0.137. The Morgan fingerprint density at radius 1 is 0.870 bits per heavy atom. The number of para-hydroxylation sites is 2. The summed E-state index contributed by atoms with van der Waals surface area (Å²) in [7, 11) is 0. The third-order valence-corrected chi connectivity index (χ3v) is 4.05. The first kappa shape index (κ1) is 17.4. The summed E-state index contributed by atoms with van der Waals surface area (Å²) >= 11 is 6.56. The summed E-state index contributed by atoms with van der Waals surface area (Å²) in [6.07, 6.45) is 1.10. The van der Waals surface area contributed by atoms with E-state index in [0.29, 0.717) is 20.4 Å². The lowest BCUT2D eigenvalue weighted by Gasteiger charge is -2.07. The van der Waals surface area contributed by atoms with Crippen molar-refractivity contribution in [1.29, 1.82) is 0 Å². The minimum atomic E-state index is -0.654. The van der Waals surface area contributed by atoms with E-state index in [1.807, 2.05) is 0 Å². The van der Waals surface area contributed by atoms with Gasteiger partial charge < -0.3 is 9.47 Å². The Hall–Kier alpha value is -1.92. The molecule has 0 unspecified atom stereocenters. The van der Waals surface area contributed by atoms with Crippen molar-refractivity contribution in [3.05, 3.63) is 69.1 Å². The van der Waals surface area contributed by atoms with Crippen molar-refractivity contribution in [3.63, 3.8) is 0 Å². The van der Waals surface area contributed by atoms with Gasteiger partial charge in [0, 0.05) is 11.6 Å². The number of benzene rings is 2. The number of rotatable bonds is 4. The van der Waals surface area contributed by atoms with Gasteiger partial charge in [-0.15, -0.1) is 0 Å². The van der Waals surface area contributed by atoms with Gasteiger partial charge in [0.2, 0.25) is 0 Å². The fourth-order valence-corrected chi connectivity index (χ4v) is 2.34. The Bertz CT molecular complexity index is 769. The number of esters is 2. The number of halogens is 2. The van der Waals surface area contributed by atoms with Crippen molar-refractivity contribution in [1.82, 2.24) is 0 Å². The molecule has 0 saturated carbocycles. The van der Waals surface area contributed by atoms with Crippen molar-refractivity contribution in [2.24, 2.45) is 0 Å². The first-order valence-electron chi connectivity index (χ1n) is 6.58. The normalized spacial score (nSPS) is 11.0. The zero-order valence-corrected chi connectivity index (χ0v) is 15.3. The van der Waals surface area contributed by atoms with Crippen LogP contribution >= 0.6 is 31.9 Å². The molecule has 0 bridgehead atoms. The zero-order valence-electron chi connectivity index (χ0n) is 12.1. The molecule has 0 atom stereocenters. The molecule has 118 valence electrons. The highest BCUT2D eigenvalue weighted by Gasteiger charge is 2.13. The van der Waals surface area contributed by atoms with Crippen LogP contribution in [0.5, 0.6) is 11.5 Å². The molecule has 0 aromatic heterocycles. The molecule has 0 spiro atoms. The predicted molar refractivity (Wildman–Crippen MR) is 93.3 cm³/mol. The smallest absolute Gasteiger partial charge is 0.339 e. The second kappa shape index (κ2) is 8.08. The zero-order chi connectivity index (χ0) is 16.8. The Balaban J connectivity index is 2.04. The van der Waals surface area contributed by atoms with Gasteiger partial charge in [0.1, 0.15) is 11.5 Å². The lowest BCUT2D eigenvalue weighted by molar-refractivity contribution is -0.132. The van der Waals surface area contributed by atoms with E-state index >= 15 is 0 Å². The second-order valence-corrected chi connectivity index (χ2v) is 6.21. The third kappa shape index (κ3) is 5.04. The molecule has 23 heavy (non-hydrogen) atoms. The topological polar surface area (TPSA) is 52.6 Å². The van der Waals surface area contributed by atoms with E-state index in [-0.39, 0.29) is 5.57 Å². The van der Waals surface area contributed by atoms with E-state index in [0.717, 1.165) is 6.08 Å². The summed E-state index contributed by atoms with van der Waals surface area (Å²) in [4.78, 5) is 23.9. The van der Waals surface area contributed by atoms with Gasteiger partial charge >= 0.3 is 11.9 Å². The van der Waals surface area contributed by atoms with Gasteiger partial charge in [-0.2, -0.15) is 0 Å². The van der Waals surface area contributed by atoms with Crippen LogP contribution in [0, 0.1) is 0 Å². The van der Waals surface area contributed by atoms with E-state index in [4.69, 9.17) is 9.47 Å². The van der Waals surface area contributed by atoms with Crippen LogP contribution in [0.15, 0.2) is 69.1 Å². The third-order valence-electron chi connectivity index (χ3n) is 2.74. The fraction of sp³-hybridized carbons (Fsp3) is 0.0588. The van der Waals surface area contributed by atoms with E-state index in [2.05, 4.69) is 31.9 Å². The molecule has 6 heteroatoms. The van der Waals surface area contributed by atoms with Gasteiger partial charge in [-0.25, -0.2) is 9.59 Å². The highest BCUT2D eigenvalue weighted by Crippen LogP contribution is 2.25. The molecule has 2 rings (SSSR count). The van der Waals surface area contributed by atoms with Crippen molar-refractivity contribution in [2.45, 2.75) is 6.92 Å². The van der Waals surface area contributed by atoms with Gasteiger partial charge in [0.15, 0.2) is 0 Å². The van der Waals surface area contributed by atoms with Crippen LogP contribution < -0.4 is 9.47 Å². The maximum Gasteiger partial charge on any atom is 0.339 e. The van der Waals surface area contributed by atoms with Gasteiger partial charge in [-0.05, 0) is 63.0 Å². The number of ether oxygens (including phenoxy) is 2. The molecule has 0 amide bonds. The van der Waals surface area contributed by atoms with E-state index in [1.54, 1.807) is 48.5 Å². The summed E-state index contributed by atoms with van der Waals surface area (Å²) < 4.78 is 11.7. The van der Waals surface area contributed by atoms with Crippen LogP contribution in [-0.2, 0) is 9.59 Å².